The molecule has 0 aliphatic carbocycles. The van der Waals surface area contributed by atoms with E-state index in [1.54, 1.807) is 0 Å². The minimum Gasteiger partial charge on any atom is -0.358 e. The number of nitrogens with zero attached hydrogens (tertiary/aromatic N) is 2. The van der Waals surface area contributed by atoms with Gasteiger partial charge in [-0.05, 0) is 17.9 Å². The van der Waals surface area contributed by atoms with Crippen LogP contribution in [0, 0.1) is 6.92 Å². The number of thiophene rings is 1. The SMILES string of the molecule is CNC(=O)Cn1cnc2c(C)csc2c1=O. The molecule has 0 saturated heterocycles. The van der Waals surface area contributed by atoms with Crippen LogP contribution in [-0.4, -0.2) is 22.5 Å². The van der Waals surface area contributed by atoms with Gasteiger partial charge in [0.15, 0.2) is 0 Å². The maximum atomic E-state index is 11.9. The number of rotatable bonds is 2. The second-order valence-corrected chi connectivity index (χ2v) is 4.33. The number of carbonyl (C=O) groups is 1. The monoisotopic (exact) mass is 237 g/mol. The molecule has 0 atom stereocenters. The van der Waals surface area contributed by atoms with Gasteiger partial charge < -0.3 is 5.32 Å². The molecule has 0 spiro atoms. The van der Waals surface area contributed by atoms with Crippen LogP contribution in [-0.2, 0) is 11.3 Å². The van der Waals surface area contributed by atoms with Gasteiger partial charge in [0.1, 0.15) is 11.2 Å². The molecule has 0 bridgehead atoms. The molecule has 84 valence electrons. The van der Waals surface area contributed by atoms with Crippen LogP contribution in [0.2, 0.25) is 0 Å². The molecule has 2 rings (SSSR count). The van der Waals surface area contributed by atoms with Crippen LogP contribution in [0.4, 0.5) is 0 Å². The molecule has 1 amide bonds. The minimum atomic E-state index is -0.212. The summed E-state index contributed by atoms with van der Waals surface area (Å²) in [5.41, 5.74) is 1.55. The van der Waals surface area contributed by atoms with Crippen LogP contribution in [0.1, 0.15) is 5.56 Å². The Morgan fingerprint density at radius 2 is 2.38 bits per heavy atom. The van der Waals surface area contributed by atoms with Gasteiger partial charge >= 0.3 is 0 Å². The number of nitrogens with one attached hydrogen (secondary N) is 1. The van der Waals surface area contributed by atoms with Crippen LogP contribution in [0.25, 0.3) is 10.2 Å². The van der Waals surface area contributed by atoms with Crippen LogP contribution in [0.5, 0.6) is 0 Å². The fraction of sp³-hybridized carbons (Fsp3) is 0.300. The first-order valence-electron chi connectivity index (χ1n) is 4.77. The number of likely N-dealkylation sites (N-methyl/N-ethyl adjacent to an activating group) is 1. The Morgan fingerprint density at radius 3 is 3.06 bits per heavy atom. The predicted octanol–water partition coefficient (Wildman–Crippen LogP) is 0.512. The molecular formula is C10H11N3O2S. The average Bonchev–Trinajstić information content (AvgIpc) is 2.65. The molecular weight excluding hydrogens is 226 g/mol. The number of amides is 1. The molecule has 2 heterocycles. The first-order valence-corrected chi connectivity index (χ1v) is 5.65. The minimum absolute atomic E-state index is 0.00915. The third-order valence-electron chi connectivity index (χ3n) is 2.32. The smallest absolute Gasteiger partial charge is 0.271 e. The van der Waals surface area contributed by atoms with E-state index in [4.69, 9.17) is 0 Å². The summed E-state index contributed by atoms with van der Waals surface area (Å²) in [6.45, 7) is 1.92. The first kappa shape index (κ1) is 10.8. The first-order chi connectivity index (χ1) is 7.63. The van der Waals surface area contributed by atoms with Crippen LogP contribution >= 0.6 is 11.3 Å². The average molecular weight is 237 g/mol. The number of fused-ring (bicyclic) bond motifs is 1. The summed E-state index contributed by atoms with van der Waals surface area (Å²) < 4.78 is 1.92. The van der Waals surface area contributed by atoms with Crippen molar-refractivity contribution in [1.82, 2.24) is 14.9 Å². The van der Waals surface area contributed by atoms with Crippen molar-refractivity contribution in [3.05, 3.63) is 27.6 Å². The van der Waals surface area contributed by atoms with Gasteiger partial charge in [-0.15, -0.1) is 11.3 Å². The van der Waals surface area contributed by atoms with Crippen molar-refractivity contribution in [3.63, 3.8) is 0 Å². The van der Waals surface area contributed by atoms with Crippen molar-refractivity contribution in [2.75, 3.05) is 7.05 Å². The van der Waals surface area contributed by atoms with Gasteiger partial charge in [0.2, 0.25) is 5.91 Å². The van der Waals surface area contributed by atoms with Gasteiger partial charge in [-0.25, -0.2) is 4.98 Å². The van der Waals surface area contributed by atoms with Crippen molar-refractivity contribution < 1.29 is 4.79 Å². The zero-order chi connectivity index (χ0) is 11.7. The molecule has 0 aliphatic rings. The van der Waals surface area contributed by atoms with E-state index in [1.165, 1.54) is 29.3 Å². The van der Waals surface area contributed by atoms with E-state index in [0.717, 1.165) is 11.1 Å². The summed E-state index contributed by atoms with van der Waals surface area (Å²) in [6, 6.07) is 0. The standard InChI is InChI=1S/C10H11N3O2S/c1-6-4-16-9-8(6)12-5-13(10(9)15)3-7(14)11-2/h4-5H,3H2,1-2H3,(H,11,14). The third kappa shape index (κ3) is 1.71. The van der Waals surface area contributed by atoms with Crippen molar-refractivity contribution in [2.45, 2.75) is 13.5 Å². The van der Waals surface area contributed by atoms with Gasteiger partial charge in [0.25, 0.3) is 5.56 Å². The van der Waals surface area contributed by atoms with Crippen molar-refractivity contribution >= 4 is 27.5 Å². The van der Waals surface area contributed by atoms with Gasteiger partial charge in [0, 0.05) is 7.05 Å². The van der Waals surface area contributed by atoms with E-state index < -0.39 is 0 Å². The zero-order valence-corrected chi connectivity index (χ0v) is 9.80. The fourth-order valence-electron chi connectivity index (χ4n) is 1.41. The molecule has 2 aromatic rings. The molecule has 0 aliphatic heterocycles. The quantitative estimate of drug-likeness (QED) is 0.827. The summed E-state index contributed by atoms with van der Waals surface area (Å²) in [5, 5.41) is 4.36. The zero-order valence-electron chi connectivity index (χ0n) is 8.98. The largest absolute Gasteiger partial charge is 0.358 e. The lowest BCUT2D eigenvalue weighted by molar-refractivity contribution is -0.121. The van der Waals surface area contributed by atoms with Crippen LogP contribution in [0.3, 0.4) is 0 Å². The Morgan fingerprint density at radius 1 is 1.62 bits per heavy atom. The van der Waals surface area contributed by atoms with Crippen molar-refractivity contribution in [1.29, 1.82) is 0 Å². The Bertz CT molecular complexity index is 600. The van der Waals surface area contributed by atoms with E-state index in [9.17, 15) is 9.59 Å². The van der Waals surface area contributed by atoms with Crippen LogP contribution < -0.4 is 10.9 Å². The lowest BCUT2D eigenvalue weighted by atomic mass is 10.3. The summed E-state index contributed by atoms with van der Waals surface area (Å²) in [5.74, 6) is -0.212. The van der Waals surface area contributed by atoms with E-state index in [2.05, 4.69) is 10.3 Å². The lowest BCUT2D eigenvalue weighted by Crippen LogP contribution is -2.30. The lowest BCUT2D eigenvalue weighted by Gasteiger charge is -2.03. The third-order valence-corrected chi connectivity index (χ3v) is 3.39. The molecule has 0 fully saturated rings. The highest BCUT2D eigenvalue weighted by Crippen LogP contribution is 2.19. The van der Waals surface area contributed by atoms with Gasteiger partial charge in [-0.1, -0.05) is 0 Å². The molecule has 2 aromatic heterocycles. The second kappa shape index (κ2) is 4.05. The number of hydrogen-bond acceptors (Lipinski definition) is 4. The Balaban J connectivity index is 2.53. The Hall–Kier alpha value is -1.69. The molecule has 16 heavy (non-hydrogen) atoms. The van der Waals surface area contributed by atoms with Gasteiger partial charge in [-0.2, -0.15) is 0 Å². The summed E-state index contributed by atoms with van der Waals surface area (Å²) in [4.78, 5) is 27.3. The summed E-state index contributed by atoms with van der Waals surface area (Å²) >= 11 is 1.36. The maximum absolute atomic E-state index is 11.9. The van der Waals surface area contributed by atoms with E-state index >= 15 is 0 Å². The molecule has 5 nitrogen and oxygen atoms in total. The van der Waals surface area contributed by atoms with Crippen molar-refractivity contribution in [2.24, 2.45) is 0 Å². The summed E-state index contributed by atoms with van der Waals surface area (Å²) in [7, 11) is 1.54. The Kier molecular flexibility index (Phi) is 2.74. The number of aromatic nitrogens is 2. The molecule has 6 heteroatoms. The molecule has 0 aromatic carbocycles. The number of hydrogen-bond donors (Lipinski definition) is 1. The highest BCUT2D eigenvalue weighted by molar-refractivity contribution is 7.17. The highest BCUT2D eigenvalue weighted by atomic mass is 32.1. The highest BCUT2D eigenvalue weighted by Gasteiger charge is 2.09. The van der Waals surface area contributed by atoms with Crippen molar-refractivity contribution in [3.8, 4) is 0 Å². The molecule has 1 N–H and O–H groups in total. The molecule has 0 saturated carbocycles. The molecule has 0 radical (unpaired) electrons. The van der Waals surface area contributed by atoms with Gasteiger partial charge in [0.05, 0.1) is 11.8 Å². The van der Waals surface area contributed by atoms with Crippen LogP contribution in [0.15, 0.2) is 16.5 Å². The fourth-order valence-corrected chi connectivity index (χ4v) is 2.36. The van der Waals surface area contributed by atoms with E-state index in [1.807, 2.05) is 12.3 Å². The Labute approximate surface area is 95.7 Å². The topological polar surface area (TPSA) is 64.0 Å². The number of carbonyl (C=O) groups excluding carboxylic acids is 1. The normalized spacial score (nSPS) is 10.6. The number of aryl methyl sites for hydroxylation is 1. The van der Waals surface area contributed by atoms with E-state index in [0.29, 0.717) is 4.70 Å². The van der Waals surface area contributed by atoms with Gasteiger partial charge in [-0.3, -0.25) is 14.2 Å². The second-order valence-electron chi connectivity index (χ2n) is 3.45. The predicted molar refractivity (Wildman–Crippen MR) is 62.7 cm³/mol. The molecule has 0 unspecified atom stereocenters. The maximum Gasteiger partial charge on any atom is 0.271 e. The van der Waals surface area contributed by atoms with E-state index in [-0.39, 0.29) is 18.0 Å². The summed E-state index contributed by atoms with van der Waals surface area (Å²) in [6.07, 6.45) is 1.42.